The summed E-state index contributed by atoms with van der Waals surface area (Å²) in [7, 11) is 1.83. The molecule has 0 unspecified atom stereocenters. The molecule has 1 aromatic rings. The molecule has 0 aliphatic heterocycles. The Labute approximate surface area is 90.1 Å². The number of pyridine rings is 1. The van der Waals surface area contributed by atoms with Crippen LogP contribution in [0.3, 0.4) is 0 Å². The second-order valence-electron chi connectivity index (χ2n) is 4.10. The van der Waals surface area contributed by atoms with Crippen molar-refractivity contribution in [3.05, 3.63) is 24.5 Å². The molecule has 1 rings (SSSR count). The standard InChI is InChI=1S/C11H17N3O/c1-11(2,8-12-3)10(15)14-9-4-6-13-7-5-9/h4-7,12H,8H2,1-3H3,(H,13,14,15). The summed E-state index contributed by atoms with van der Waals surface area (Å²) in [5.41, 5.74) is 0.358. The molecule has 1 aromatic heterocycles. The third-order valence-corrected chi connectivity index (χ3v) is 2.17. The van der Waals surface area contributed by atoms with Gasteiger partial charge >= 0.3 is 0 Å². The SMILES string of the molecule is CNCC(C)(C)C(=O)Nc1ccncc1. The van der Waals surface area contributed by atoms with Gasteiger partial charge in [0.2, 0.25) is 5.91 Å². The molecule has 0 spiro atoms. The van der Waals surface area contributed by atoms with Gasteiger partial charge in [-0.3, -0.25) is 9.78 Å². The van der Waals surface area contributed by atoms with E-state index in [-0.39, 0.29) is 5.91 Å². The Balaban J connectivity index is 2.63. The van der Waals surface area contributed by atoms with Crippen LogP contribution in [0, 0.1) is 5.41 Å². The fourth-order valence-electron chi connectivity index (χ4n) is 1.26. The second-order valence-corrected chi connectivity index (χ2v) is 4.10. The van der Waals surface area contributed by atoms with Gasteiger partial charge in [0.05, 0.1) is 5.41 Å². The number of amides is 1. The lowest BCUT2D eigenvalue weighted by Gasteiger charge is -2.22. The predicted octanol–water partition coefficient (Wildman–Crippen LogP) is 1.27. The molecule has 0 aliphatic carbocycles. The molecule has 0 radical (unpaired) electrons. The van der Waals surface area contributed by atoms with Crippen LogP contribution in [0.15, 0.2) is 24.5 Å². The van der Waals surface area contributed by atoms with Crippen molar-refractivity contribution >= 4 is 11.6 Å². The van der Waals surface area contributed by atoms with Gasteiger partial charge in [0.25, 0.3) is 0 Å². The number of carbonyl (C=O) groups excluding carboxylic acids is 1. The smallest absolute Gasteiger partial charge is 0.231 e. The summed E-state index contributed by atoms with van der Waals surface area (Å²) in [5, 5.41) is 5.85. The summed E-state index contributed by atoms with van der Waals surface area (Å²) < 4.78 is 0. The summed E-state index contributed by atoms with van der Waals surface area (Å²) >= 11 is 0. The monoisotopic (exact) mass is 207 g/mol. The second kappa shape index (κ2) is 4.89. The molecule has 0 saturated heterocycles. The van der Waals surface area contributed by atoms with Gasteiger partial charge in [-0.2, -0.15) is 0 Å². The summed E-state index contributed by atoms with van der Waals surface area (Å²) in [5.74, 6) is 0.00282. The molecule has 2 N–H and O–H groups in total. The van der Waals surface area contributed by atoms with Crippen LogP contribution < -0.4 is 10.6 Å². The minimum atomic E-state index is -0.419. The molecule has 1 heterocycles. The topological polar surface area (TPSA) is 54.0 Å². The maximum absolute atomic E-state index is 11.9. The van der Waals surface area contributed by atoms with Crippen LogP contribution in [-0.4, -0.2) is 24.5 Å². The molecule has 82 valence electrons. The van der Waals surface area contributed by atoms with E-state index < -0.39 is 5.41 Å². The third kappa shape index (κ3) is 3.32. The average Bonchev–Trinajstić information content (AvgIpc) is 2.19. The molecular formula is C11H17N3O. The molecule has 1 amide bonds. The summed E-state index contributed by atoms with van der Waals surface area (Å²) in [4.78, 5) is 15.7. The lowest BCUT2D eigenvalue weighted by atomic mass is 9.92. The number of hydrogen-bond acceptors (Lipinski definition) is 3. The fourth-order valence-corrected chi connectivity index (χ4v) is 1.26. The van der Waals surface area contributed by atoms with Crippen LogP contribution in [0.5, 0.6) is 0 Å². The molecule has 15 heavy (non-hydrogen) atoms. The van der Waals surface area contributed by atoms with Gasteiger partial charge < -0.3 is 10.6 Å². The van der Waals surface area contributed by atoms with Crippen molar-refractivity contribution < 1.29 is 4.79 Å². The Morgan fingerprint density at radius 3 is 2.53 bits per heavy atom. The number of aromatic nitrogens is 1. The average molecular weight is 207 g/mol. The van der Waals surface area contributed by atoms with E-state index in [1.54, 1.807) is 24.5 Å². The number of hydrogen-bond donors (Lipinski definition) is 2. The fraction of sp³-hybridized carbons (Fsp3) is 0.455. The van der Waals surface area contributed by atoms with Crippen molar-refractivity contribution in [1.82, 2.24) is 10.3 Å². The van der Waals surface area contributed by atoms with Crippen molar-refractivity contribution in [2.75, 3.05) is 18.9 Å². The van der Waals surface area contributed by atoms with Crippen LogP contribution in [0.4, 0.5) is 5.69 Å². The van der Waals surface area contributed by atoms with Gasteiger partial charge in [-0.15, -0.1) is 0 Å². The lowest BCUT2D eigenvalue weighted by molar-refractivity contribution is -0.123. The highest BCUT2D eigenvalue weighted by molar-refractivity contribution is 5.94. The van der Waals surface area contributed by atoms with Gasteiger partial charge in [0.1, 0.15) is 0 Å². The van der Waals surface area contributed by atoms with E-state index in [1.165, 1.54) is 0 Å². The van der Waals surface area contributed by atoms with Crippen molar-refractivity contribution in [2.45, 2.75) is 13.8 Å². The number of nitrogens with zero attached hydrogens (tertiary/aromatic N) is 1. The zero-order valence-electron chi connectivity index (χ0n) is 9.37. The van der Waals surface area contributed by atoms with E-state index in [4.69, 9.17) is 0 Å². The van der Waals surface area contributed by atoms with Gasteiger partial charge in [0, 0.05) is 24.6 Å². The van der Waals surface area contributed by atoms with Crippen molar-refractivity contribution in [1.29, 1.82) is 0 Å². The molecule has 0 bridgehead atoms. The molecule has 4 heteroatoms. The highest BCUT2D eigenvalue weighted by Crippen LogP contribution is 2.16. The number of rotatable bonds is 4. The normalized spacial score (nSPS) is 11.1. The molecule has 0 atom stereocenters. The van der Waals surface area contributed by atoms with E-state index >= 15 is 0 Å². The quantitative estimate of drug-likeness (QED) is 0.781. The summed E-state index contributed by atoms with van der Waals surface area (Å²) in [6.45, 7) is 4.45. The largest absolute Gasteiger partial charge is 0.325 e. The van der Waals surface area contributed by atoms with E-state index in [1.807, 2.05) is 20.9 Å². The van der Waals surface area contributed by atoms with E-state index in [2.05, 4.69) is 15.6 Å². The lowest BCUT2D eigenvalue weighted by Crippen LogP contribution is -2.38. The Kier molecular flexibility index (Phi) is 3.80. The van der Waals surface area contributed by atoms with Crippen LogP contribution in [-0.2, 0) is 4.79 Å². The van der Waals surface area contributed by atoms with E-state index in [0.29, 0.717) is 6.54 Å². The Bertz CT molecular complexity index is 322. The van der Waals surface area contributed by atoms with Gasteiger partial charge in [-0.1, -0.05) is 0 Å². The first kappa shape index (κ1) is 11.7. The number of anilines is 1. The Hall–Kier alpha value is -1.42. The zero-order valence-corrected chi connectivity index (χ0v) is 9.37. The first-order valence-corrected chi connectivity index (χ1v) is 4.92. The highest BCUT2D eigenvalue weighted by Gasteiger charge is 2.26. The Morgan fingerprint density at radius 2 is 2.00 bits per heavy atom. The number of carbonyl (C=O) groups is 1. The van der Waals surface area contributed by atoms with Crippen molar-refractivity contribution in [2.24, 2.45) is 5.41 Å². The van der Waals surface area contributed by atoms with Crippen LogP contribution in [0.25, 0.3) is 0 Å². The van der Waals surface area contributed by atoms with Crippen LogP contribution in [0.2, 0.25) is 0 Å². The molecule has 0 aromatic carbocycles. The van der Waals surface area contributed by atoms with Gasteiger partial charge in [0.15, 0.2) is 0 Å². The van der Waals surface area contributed by atoms with Gasteiger partial charge in [-0.25, -0.2) is 0 Å². The van der Waals surface area contributed by atoms with Crippen LogP contribution >= 0.6 is 0 Å². The third-order valence-electron chi connectivity index (χ3n) is 2.17. The zero-order chi connectivity index (χ0) is 11.3. The number of nitrogens with one attached hydrogen (secondary N) is 2. The highest BCUT2D eigenvalue weighted by atomic mass is 16.2. The molecule has 0 aliphatic rings. The maximum atomic E-state index is 11.9. The predicted molar refractivity (Wildman–Crippen MR) is 60.6 cm³/mol. The molecule has 0 saturated carbocycles. The van der Waals surface area contributed by atoms with Crippen molar-refractivity contribution in [3.63, 3.8) is 0 Å². The minimum Gasteiger partial charge on any atom is -0.325 e. The first-order valence-electron chi connectivity index (χ1n) is 4.92. The van der Waals surface area contributed by atoms with E-state index in [0.717, 1.165) is 5.69 Å². The summed E-state index contributed by atoms with van der Waals surface area (Å²) in [6, 6.07) is 3.54. The molecule has 4 nitrogen and oxygen atoms in total. The molecular weight excluding hydrogens is 190 g/mol. The van der Waals surface area contributed by atoms with E-state index in [9.17, 15) is 4.79 Å². The van der Waals surface area contributed by atoms with Crippen LogP contribution in [0.1, 0.15) is 13.8 Å². The maximum Gasteiger partial charge on any atom is 0.231 e. The Morgan fingerprint density at radius 1 is 1.40 bits per heavy atom. The first-order chi connectivity index (χ1) is 7.06. The van der Waals surface area contributed by atoms with Crippen molar-refractivity contribution in [3.8, 4) is 0 Å². The van der Waals surface area contributed by atoms with Gasteiger partial charge in [-0.05, 0) is 33.0 Å². The molecule has 0 fully saturated rings. The summed E-state index contributed by atoms with van der Waals surface area (Å²) in [6.07, 6.45) is 3.31. The minimum absolute atomic E-state index is 0.00282.